The van der Waals surface area contributed by atoms with Crippen LogP contribution in [0.1, 0.15) is 149 Å². The van der Waals surface area contributed by atoms with Crippen molar-refractivity contribution in [1.82, 2.24) is 24.0 Å². The molecule has 9 nitrogen and oxygen atoms in total. The van der Waals surface area contributed by atoms with Crippen LogP contribution in [-0.2, 0) is 23.6 Å². The Bertz CT molecular complexity index is 1170. The van der Waals surface area contributed by atoms with Crippen molar-refractivity contribution in [2.24, 2.45) is 20.0 Å². The van der Waals surface area contributed by atoms with Gasteiger partial charge in [-0.3, -0.25) is 19.5 Å². The van der Waals surface area contributed by atoms with Gasteiger partial charge in [-0.2, -0.15) is 0 Å². The number of hydrogen-bond acceptors (Lipinski definition) is 6. The summed E-state index contributed by atoms with van der Waals surface area (Å²) >= 11 is 0. The topological polar surface area (TPSA) is 100 Å². The summed E-state index contributed by atoms with van der Waals surface area (Å²) in [5.74, 6) is 0.780. The lowest BCUT2D eigenvalue weighted by Crippen LogP contribution is -2.46. The van der Waals surface area contributed by atoms with Gasteiger partial charge in [0, 0.05) is 21.0 Å². The molecule has 1 saturated carbocycles. The van der Waals surface area contributed by atoms with E-state index in [1.165, 1.54) is 80.3 Å². The Morgan fingerprint density at radius 2 is 1.47 bits per heavy atom. The predicted octanol–water partition coefficient (Wildman–Crippen LogP) is 7.15. The molecule has 0 aromatic carbocycles. The van der Waals surface area contributed by atoms with Crippen LogP contribution >= 0.6 is 0 Å². The molecule has 1 N–H and O–H groups in total. The zero-order valence-corrected chi connectivity index (χ0v) is 28.2. The van der Waals surface area contributed by atoms with E-state index in [1.807, 2.05) is 13.8 Å². The fourth-order valence-electron chi connectivity index (χ4n) is 6.21. The minimum atomic E-state index is -0.343. The van der Waals surface area contributed by atoms with Crippen molar-refractivity contribution in [3.63, 3.8) is 0 Å². The van der Waals surface area contributed by atoms with E-state index < -0.39 is 0 Å². The second-order valence-electron chi connectivity index (χ2n) is 12.7. The van der Waals surface area contributed by atoms with Crippen molar-refractivity contribution >= 4 is 17.1 Å². The second kappa shape index (κ2) is 20.5. The fraction of sp³-hybridized carbons (Fsp3) is 0.824. The third kappa shape index (κ3) is 13.0. The first-order valence-corrected chi connectivity index (χ1v) is 17.2. The van der Waals surface area contributed by atoms with Crippen LogP contribution in [0.5, 0.6) is 0 Å². The van der Waals surface area contributed by atoms with E-state index in [0.717, 1.165) is 57.3 Å². The predicted molar refractivity (Wildman–Crippen MR) is 176 cm³/mol. The van der Waals surface area contributed by atoms with Crippen molar-refractivity contribution in [2.75, 3.05) is 6.54 Å². The summed E-state index contributed by atoms with van der Waals surface area (Å²) in [5.41, 5.74) is 0.204. The molecule has 3 rings (SSSR count). The van der Waals surface area contributed by atoms with Crippen LogP contribution in [0.4, 0.5) is 0 Å². The average Bonchev–Trinajstić information content (AvgIpc) is 3.33. The van der Waals surface area contributed by atoms with Gasteiger partial charge in [-0.05, 0) is 38.6 Å². The molecule has 2 atom stereocenters. The molecule has 1 aliphatic carbocycles. The van der Waals surface area contributed by atoms with Crippen LogP contribution in [0.3, 0.4) is 0 Å². The SMILES string of the molecule is CC1CCCCCCCCCC1.CCNC(CCCCCCCCC(C)OC(C)=O)n1c(=O)c2c(ncn2C)n(C)c1=O. The average molecular weight is 604 g/mol. The van der Waals surface area contributed by atoms with Gasteiger partial charge < -0.3 is 9.30 Å². The van der Waals surface area contributed by atoms with E-state index >= 15 is 0 Å². The van der Waals surface area contributed by atoms with E-state index in [0.29, 0.717) is 17.7 Å². The highest BCUT2D eigenvalue weighted by molar-refractivity contribution is 5.69. The molecule has 1 fully saturated rings. The Morgan fingerprint density at radius 3 is 2.02 bits per heavy atom. The number of aromatic nitrogens is 4. The quantitative estimate of drug-likeness (QED) is 0.193. The molecule has 0 amide bonds. The number of rotatable bonds is 13. The molecule has 9 heteroatoms. The number of carbonyl (C=O) groups is 1. The highest BCUT2D eigenvalue weighted by Gasteiger charge is 2.20. The molecule has 2 heterocycles. The Hall–Kier alpha value is -2.42. The molecule has 0 bridgehead atoms. The minimum Gasteiger partial charge on any atom is -0.463 e. The van der Waals surface area contributed by atoms with E-state index in [4.69, 9.17) is 4.74 Å². The van der Waals surface area contributed by atoms with Gasteiger partial charge in [0.25, 0.3) is 5.56 Å². The molecule has 2 aromatic rings. The molecule has 43 heavy (non-hydrogen) atoms. The number of fused-ring (bicyclic) bond motifs is 1. The van der Waals surface area contributed by atoms with Gasteiger partial charge in [0.15, 0.2) is 11.2 Å². The maximum absolute atomic E-state index is 13.0. The molecule has 0 radical (unpaired) electrons. The van der Waals surface area contributed by atoms with Gasteiger partial charge in [0.2, 0.25) is 0 Å². The standard InChI is InChI=1S/C22H37N5O4.C12H24/c1-6-23-18(14-12-10-8-7-9-11-13-16(2)31-17(3)28)27-21(29)19-20(24-15-25(19)4)26(5)22(27)30;1-12-10-8-6-4-2-3-5-7-9-11-12/h15-16,18,23H,6-14H2,1-5H3;12H,2-11H2,1H3. The summed E-state index contributed by atoms with van der Waals surface area (Å²) in [5, 5.41) is 3.30. The molecule has 1 aliphatic rings. The van der Waals surface area contributed by atoms with Crippen LogP contribution < -0.4 is 16.6 Å². The summed E-state index contributed by atoms with van der Waals surface area (Å²) < 4.78 is 9.58. The van der Waals surface area contributed by atoms with Gasteiger partial charge >= 0.3 is 11.7 Å². The maximum atomic E-state index is 13.0. The smallest absolute Gasteiger partial charge is 0.333 e. The highest BCUT2D eigenvalue weighted by atomic mass is 16.5. The Labute approximate surface area is 259 Å². The van der Waals surface area contributed by atoms with Gasteiger partial charge in [0.05, 0.1) is 18.6 Å². The molecule has 0 spiro atoms. The third-order valence-electron chi connectivity index (χ3n) is 8.75. The number of imidazole rings is 1. The third-order valence-corrected chi connectivity index (χ3v) is 8.75. The lowest BCUT2D eigenvalue weighted by molar-refractivity contribution is -0.145. The van der Waals surface area contributed by atoms with Gasteiger partial charge in [-0.15, -0.1) is 0 Å². The van der Waals surface area contributed by atoms with Crippen LogP contribution in [-0.4, -0.2) is 37.3 Å². The van der Waals surface area contributed by atoms with Crippen molar-refractivity contribution < 1.29 is 9.53 Å². The number of ether oxygens (including phenoxy) is 1. The fourth-order valence-corrected chi connectivity index (χ4v) is 6.21. The Kier molecular flexibility index (Phi) is 17.5. The van der Waals surface area contributed by atoms with Crippen LogP contribution in [0.15, 0.2) is 15.9 Å². The highest BCUT2D eigenvalue weighted by Crippen LogP contribution is 2.20. The lowest BCUT2D eigenvalue weighted by atomic mass is 9.98. The van der Waals surface area contributed by atoms with E-state index in [1.54, 1.807) is 25.0 Å². The van der Waals surface area contributed by atoms with Crippen molar-refractivity contribution in [3.8, 4) is 0 Å². The van der Waals surface area contributed by atoms with Crippen LogP contribution in [0, 0.1) is 5.92 Å². The number of aryl methyl sites for hydroxylation is 2. The summed E-state index contributed by atoms with van der Waals surface area (Å²) in [6, 6.07) is 0. The van der Waals surface area contributed by atoms with E-state index in [-0.39, 0.29) is 29.5 Å². The van der Waals surface area contributed by atoms with Crippen LogP contribution in [0.2, 0.25) is 0 Å². The summed E-state index contributed by atoms with van der Waals surface area (Å²) in [4.78, 5) is 41.0. The van der Waals surface area contributed by atoms with Gasteiger partial charge in [-0.25, -0.2) is 14.3 Å². The van der Waals surface area contributed by atoms with Gasteiger partial charge in [-0.1, -0.05) is 110 Å². The molecule has 2 aromatic heterocycles. The number of nitrogens with zero attached hydrogens (tertiary/aromatic N) is 4. The number of hydrogen-bond donors (Lipinski definition) is 1. The molecule has 2 unspecified atom stereocenters. The molecular formula is C34H61N5O4. The number of nitrogens with one attached hydrogen (secondary N) is 1. The molecule has 0 aliphatic heterocycles. The van der Waals surface area contributed by atoms with Crippen molar-refractivity contribution in [1.29, 1.82) is 0 Å². The van der Waals surface area contributed by atoms with Crippen molar-refractivity contribution in [2.45, 2.75) is 156 Å². The second-order valence-corrected chi connectivity index (χ2v) is 12.7. The zero-order chi connectivity index (χ0) is 31.6. The number of esters is 1. The minimum absolute atomic E-state index is 0.0175. The first-order valence-electron chi connectivity index (χ1n) is 17.2. The largest absolute Gasteiger partial charge is 0.463 e. The summed E-state index contributed by atoms with van der Waals surface area (Å²) in [6.07, 6.45) is 24.1. The summed E-state index contributed by atoms with van der Waals surface area (Å²) in [7, 11) is 3.42. The molecule has 0 saturated heterocycles. The first kappa shape index (κ1) is 36.8. The first-order chi connectivity index (χ1) is 20.7. The zero-order valence-electron chi connectivity index (χ0n) is 28.2. The lowest BCUT2D eigenvalue weighted by Gasteiger charge is -2.21. The van der Waals surface area contributed by atoms with E-state index in [2.05, 4.69) is 17.2 Å². The molecule has 246 valence electrons. The summed E-state index contributed by atoms with van der Waals surface area (Å²) in [6.45, 7) is 8.44. The normalized spacial score (nSPS) is 16.6. The Morgan fingerprint density at radius 1 is 0.930 bits per heavy atom. The number of carbonyl (C=O) groups excluding carboxylic acids is 1. The Balaban J connectivity index is 0.000000448. The number of unbranched alkanes of at least 4 members (excludes halogenated alkanes) is 5. The maximum Gasteiger partial charge on any atom is 0.333 e. The monoisotopic (exact) mass is 603 g/mol. The van der Waals surface area contributed by atoms with Crippen LogP contribution in [0.25, 0.3) is 11.2 Å². The van der Waals surface area contributed by atoms with E-state index in [9.17, 15) is 14.4 Å². The van der Waals surface area contributed by atoms with Crippen molar-refractivity contribution in [3.05, 3.63) is 27.2 Å². The molecular weight excluding hydrogens is 542 g/mol. The van der Waals surface area contributed by atoms with Gasteiger partial charge in [0.1, 0.15) is 0 Å².